The minimum absolute atomic E-state index is 0.507. The van der Waals surface area contributed by atoms with Crippen LogP contribution in [0.4, 0.5) is 0 Å². The van der Waals surface area contributed by atoms with Crippen LogP contribution in [0.5, 0.6) is 0 Å². The molecule has 0 atom stereocenters. The van der Waals surface area contributed by atoms with Crippen LogP contribution in [0.2, 0.25) is 5.15 Å². The van der Waals surface area contributed by atoms with Crippen molar-refractivity contribution in [2.24, 2.45) is 13.0 Å². The third kappa shape index (κ3) is 4.08. The molecule has 0 unspecified atom stereocenters. The molecule has 0 aromatic carbocycles. The fraction of sp³-hybridized carbons (Fsp3) is 0.667. The van der Waals surface area contributed by atoms with Crippen molar-refractivity contribution in [3.05, 3.63) is 28.1 Å². The van der Waals surface area contributed by atoms with Gasteiger partial charge in [0.25, 0.3) is 0 Å². The van der Waals surface area contributed by atoms with Crippen molar-refractivity contribution in [3.8, 4) is 0 Å². The van der Waals surface area contributed by atoms with Crippen molar-refractivity contribution in [3.63, 3.8) is 0 Å². The Morgan fingerprint density at radius 2 is 2.05 bits per heavy atom. The van der Waals surface area contributed by atoms with Crippen molar-refractivity contribution in [2.45, 2.75) is 47.2 Å². The summed E-state index contributed by atoms with van der Waals surface area (Å²) >= 11 is 6.30. The summed E-state index contributed by atoms with van der Waals surface area (Å²) in [4.78, 5) is 6.68. The van der Waals surface area contributed by atoms with E-state index >= 15 is 0 Å². The molecule has 0 aliphatic rings. The molecule has 0 N–H and O–H groups in total. The van der Waals surface area contributed by atoms with Crippen LogP contribution in [0.1, 0.15) is 43.7 Å². The molecule has 0 aliphatic heterocycles. The fourth-order valence-electron chi connectivity index (χ4n) is 2.34. The molecule has 22 heavy (non-hydrogen) atoms. The summed E-state index contributed by atoms with van der Waals surface area (Å²) in [5.74, 6) is 1.93. The number of hydrogen-bond donors (Lipinski definition) is 0. The molecule has 0 radical (unpaired) electrons. The van der Waals surface area contributed by atoms with Crippen LogP contribution in [0, 0.1) is 12.8 Å². The first kappa shape index (κ1) is 17.0. The molecule has 2 heterocycles. The zero-order valence-corrected chi connectivity index (χ0v) is 14.7. The van der Waals surface area contributed by atoms with E-state index in [4.69, 9.17) is 16.1 Å². The second kappa shape index (κ2) is 7.24. The van der Waals surface area contributed by atoms with Crippen LogP contribution < -0.4 is 0 Å². The normalized spacial score (nSPS) is 11.8. The standard InChI is InChI=1S/C15H24ClN5O/c1-6-21(8-12-11(4)18-20(5)15(12)16)9-13-17-14(22-19-13)7-10(2)3/h10H,6-9H2,1-5H3. The highest BCUT2D eigenvalue weighted by atomic mass is 35.5. The van der Waals surface area contributed by atoms with Gasteiger partial charge in [-0.2, -0.15) is 10.1 Å². The highest BCUT2D eigenvalue weighted by Crippen LogP contribution is 2.21. The average Bonchev–Trinajstić information content (AvgIpc) is 2.97. The third-order valence-corrected chi connectivity index (χ3v) is 4.03. The molecule has 0 aliphatic carbocycles. The van der Waals surface area contributed by atoms with E-state index < -0.39 is 0 Å². The Bertz CT molecular complexity index is 619. The number of aromatic nitrogens is 4. The van der Waals surface area contributed by atoms with E-state index in [9.17, 15) is 0 Å². The van der Waals surface area contributed by atoms with Crippen LogP contribution in [0.15, 0.2) is 4.52 Å². The van der Waals surface area contributed by atoms with Crippen LogP contribution in [-0.2, 0) is 26.6 Å². The molecule has 122 valence electrons. The summed E-state index contributed by atoms with van der Waals surface area (Å²) in [5, 5.41) is 9.10. The minimum Gasteiger partial charge on any atom is -0.339 e. The maximum atomic E-state index is 6.30. The fourth-order valence-corrected chi connectivity index (χ4v) is 2.58. The van der Waals surface area contributed by atoms with Gasteiger partial charge in [0.2, 0.25) is 5.89 Å². The lowest BCUT2D eigenvalue weighted by atomic mass is 10.1. The lowest BCUT2D eigenvalue weighted by Gasteiger charge is -2.18. The largest absolute Gasteiger partial charge is 0.339 e. The number of hydrogen-bond acceptors (Lipinski definition) is 5. The van der Waals surface area contributed by atoms with E-state index in [1.54, 1.807) is 4.68 Å². The smallest absolute Gasteiger partial charge is 0.226 e. The molecule has 6 nitrogen and oxygen atoms in total. The Balaban J connectivity index is 2.04. The van der Waals surface area contributed by atoms with Crippen LogP contribution in [0.3, 0.4) is 0 Å². The number of halogens is 1. The van der Waals surface area contributed by atoms with Gasteiger partial charge < -0.3 is 4.52 Å². The maximum Gasteiger partial charge on any atom is 0.226 e. The minimum atomic E-state index is 0.507. The first-order valence-corrected chi connectivity index (χ1v) is 8.00. The summed E-state index contributed by atoms with van der Waals surface area (Å²) in [6, 6.07) is 0. The molecule has 0 fully saturated rings. The van der Waals surface area contributed by atoms with E-state index in [1.165, 1.54) is 0 Å². The zero-order chi connectivity index (χ0) is 16.3. The monoisotopic (exact) mass is 325 g/mol. The molecule has 0 bridgehead atoms. The van der Waals surface area contributed by atoms with Crippen molar-refractivity contribution >= 4 is 11.6 Å². The van der Waals surface area contributed by atoms with Gasteiger partial charge in [-0.1, -0.05) is 37.5 Å². The lowest BCUT2D eigenvalue weighted by Crippen LogP contribution is -2.23. The van der Waals surface area contributed by atoms with Crippen LogP contribution >= 0.6 is 11.6 Å². The molecule has 0 amide bonds. The molecule has 0 saturated heterocycles. The van der Waals surface area contributed by atoms with Gasteiger partial charge in [0, 0.05) is 25.6 Å². The van der Waals surface area contributed by atoms with E-state index in [1.807, 2.05) is 14.0 Å². The Hall–Kier alpha value is -1.40. The van der Waals surface area contributed by atoms with Gasteiger partial charge in [-0.25, -0.2) is 0 Å². The maximum absolute atomic E-state index is 6.30. The van der Waals surface area contributed by atoms with E-state index in [0.29, 0.717) is 23.5 Å². The number of nitrogens with zero attached hydrogens (tertiary/aromatic N) is 5. The predicted octanol–water partition coefficient (Wildman–Crippen LogP) is 2.99. The lowest BCUT2D eigenvalue weighted by molar-refractivity contribution is 0.258. The molecule has 0 spiro atoms. The first-order chi connectivity index (χ1) is 10.4. The Morgan fingerprint density at radius 3 is 2.59 bits per heavy atom. The molecule has 7 heteroatoms. The average molecular weight is 326 g/mol. The van der Waals surface area contributed by atoms with Crippen molar-refractivity contribution in [1.82, 2.24) is 24.8 Å². The van der Waals surface area contributed by atoms with E-state index in [2.05, 4.69) is 40.9 Å². The van der Waals surface area contributed by atoms with E-state index in [-0.39, 0.29) is 0 Å². The summed E-state index contributed by atoms with van der Waals surface area (Å²) < 4.78 is 7.00. The molecular formula is C15H24ClN5O. The first-order valence-electron chi connectivity index (χ1n) is 7.62. The number of aryl methyl sites for hydroxylation is 2. The third-order valence-electron chi connectivity index (χ3n) is 3.56. The van der Waals surface area contributed by atoms with Gasteiger partial charge in [-0.05, 0) is 19.4 Å². The van der Waals surface area contributed by atoms with Gasteiger partial charge in [0.15, 0.2) is 5.82 Å². The van der Waals surface area contributed by atoms with Crippen molar-refractivity contribution < 1.29 is 4.52 Å². The second-order valence-electron chi connectivity index (χ2n) is 5.98. The van der Waals surface area contributed by atoms with Crippen molar-refractivity contribution in [1.29, 1.82) is 0 Å². The molecule has 0 saturated carbocycles. The van der Waals surface area contributed by atoms with Crippen LogP contribution in [0.25, 0.3) is 0 Å². The Kier molecular flexibility index (Phi) is 5.58. The molecular weight excluding hydrogens is 302 g/mol. The van der Waals surface area contributed by atoms with Gasteiger partial charge in [0.05, 0.1) is 12.2 Å². The zero-order valence-electron chi connectivity index (χ0n) is 13.9. The van der Waals surface area contributed by atoms with Crippen LogP contribution in [-0.4, -0.2) is 31.4 Å². The van der Waals surface area contributed by atoms with Gasteiger partial charge in [-0.15, -0.1) is 0 Å². The Morgan fingerprint density at radius 1 is 1.32 bits per heavy atom. The van der Waals surface area contributed by atoms with Gasteiger partial charge >= 0.3 is 0 Å². The Labute approximate surface area is 136 Å². The molecule has 2 aromatic heterocycles. The van der Waals surface area contributed by atoms with Gasteiger partial charge in [-0.3, -0.25) is 9.58 Å². The quantitative estimate of drug-likeness (QED) is 0.783. The second-order valence-corrected chi connectivity index (χ2v) is 6.34. The van der Waals surface area contributed by atoms with E-state index in [0.717, 1.165) is 36.6 Å². The molecule has 2 aromatic rings. The summed E-state index contributed by atoms with van der Waals surface area (Å²) in [6.45, 7) is 10.6. The topological polar surface area (TPSA) is 60.0 Å². The summed E-state index contributed by atoms with van der Waals surface area (Å²) in [7, 11) is 1.85. The SMILES string of the molecule is CCN(Cc1noc(CC(C)C)n1)Cc1c(C)nn(C)c1Cl. The van der Waals surface area contributed by atoms with Gasteiger partial charge in [0.1, 0.15) is 5.15 Å². The number of rotatable bonds is 7. The summed E-state index contributed by atoms with van der Waals surface area (Å²) in [5.41, 5.74) is 2.01. The summed E-state index contributed by atoms with van der Waals surface area (Å²) in [6.07, 6.45) is 0.812. The van der Waals surface area contributed by atoms with Crippen molar-refractivity contribution in [2.75, 3.05) is 6.54 Å². The molecule has 2 rings (SSSR count). The predicted molar refractivity (Wildman–Crippen MR) is 85.6 cm³/mol. The highest BCUT2D eigenvalue weighted by Gasteiger charge is 2.17. The highest BCUT2D eigenvalue weighted by molar-refractivity contribution is 6.30.